The van der Waals surface area contributed by atoms with Gasteiger partial charge in [0.15, 0.2) is 0 Å². The van der Waals surface area contributed by atoms with Crippen molar-refractivity contribution < 1.29 is 14.3 Å². The van der Waals surface area contributed by atoms with E-state index in [9.17, 15) is 4.79 Å². The molecule has 1 amide bonds. The topological polar surface area (TPSA) is 50.8 Å². The number of carbonyl (C=O) groups excluding carboxylic acids is 1. The number of para-hydroxylation sites is 1. The van der Waals surface area contributed by atoms with Gasteiger partial charge in [0.2, 0.25) is 0 Å². The zero-order chi connectivity index (χ0) is 21.2. The molecule has 0 saturated carbocycles. The fourth-order valence-corrected chi connectivity index (χ4v) is 3.11. The van der Waals surface area contributed by atoms with Crippen molar-refractivity contribution in [1.82, 2.24) is 0 Å². The third-order valence-corrected chi connectivity index (χ3v) is 4.71. The lowest BCUT2D eigenvalue weighted by atomic mass is 10.2. The number of amides is 1. The Morgan fingerprint density at radius 2 is 1.43 bits per heavy atom. The van der Waals surface area contributed by atoms with E-state index in [1.54, 1.807) is 12.1 Å². The Hall–Kier alpha value is -3.47. The van der Waals surface area contributed by atoms with Gasteiger partial charge in [-0.05, 0) is 68.4 Å². The molecule has 5 heteroatoms. The fourth-order valence-electron chi connectivity index (χ4n) is 3.11. The minimum absolute atomic E-state index is 0.170. The Morgan fingerprint density at radius 3 is 2.10 bits per heavy atom. The Kier molecular flexibility index (Phi) is 7.72. The van der Waals surface area contributed by atoms with Gasteiger partial charge < -0.3 is 19.7 Å². The zero-order valence-electron chi connectivity index (χ0n) is 17.5. The van der Waals surface area contributed by atoms with E-state index in [-0.39, 0.29) is 5.91 Å². The molecule has 0 bridgehead atoms. The van der Waals surface area contributed by atoms with Crippen LogP contribution in [0, 0.1) is 0 Å². The average molecular weight is 405 g/mol. The van der Waals surface area contributed by atoms with Crippen LogP contribution in [0.2, 0.25) is 0 Å². The highest BCUT2D eigenvalue weighted by molar-refractivity contribution is 6.04. The summed E-state index contributed by atoms with van der Waals surface area (Å²) < 4.78 is 11.3. The third-order valence-electron chi connectivity index (χ3n) is 4.71. The molecule has 5 nitrogen and oxygen atoms in total. The largest absolute Gasteiger partial charge is 0.490 e. The molecule has 0 unspecified atom stereocenters. The second-order valence-corrected chi connectivity index (χ2v) is 6.71. The standard InChI is InChI=1S/C25H28N2O3/c1-3-27(4-2)22-15-13-21(14-16-22)26-25(28)20-9-8-12-24(19-20)30-18-17-29-23-10-6-5-7-11-23/h5-16,19H,3-4,17-18H2,1-2H3,(H,26,28). The highest BCUT2D eigenvalue weighted by Crippen LogP contribution is 2.19. The number of carbonyl (C=O) groups is 1. The lowest BCUT2D eigenvalue weighted by Gasteiger charge is -2.21. The maximum atomic E-state index is 12.6. The van der Waals surface area contributed by atoms with Crippen LogP contribution < -0.4 is 19.7 Å². The average Bonchev–Trinajstić information content (AvgIpc) is 2.79. The van der Waals surface area contributed by atoms with Gasteiger partial charge in [-0.25, -0.2) is 0 Å². The molecule has 0 aromatic heterocycles. The van der Waals surface area contributed by atoms with Crippen molar-refractivity contribution in [2.75, 3.05) is 36.5 Å². The highest BCUT2D eigenvalue weighted by Gasteiger charge is 2.08. The Balaban J connectivity index is 1.52. The monoisotopic (exact) mass is 404 g/mol. The van der Waals surface area contributed by atoms with Gasteiger partial charge in [-0.15, -0.1) is 0 Å². The molecule has 30 heavy (non-hydrogen) atoms. The van der Waals surface area contributed by atoms with Crippen LogP contribution >= 0.6 is 0 Å². The molecule has 156 valence electrons. The smallest absolute Gasteiger partial charge is 0.255 e. The number of hydrogen-bond donors (Lipinski definition) is 1. The van der Waals surface area contributed by atoms with Crippen molar-refractivity contribution in [2.24, 2.45) is 0 Å². The van der Waals surface area contributed by atoms with Crippen LogP contribution in [0.15, 0.2) is 78.9 Å². The molecule has 0 spiro atoms. The number of hydrogen-bond acceptors (Lipinski definition) is 4. The van der Waals surface area contributed by atoms with E-state index in [2.05, 4.69) is 24.1 Å². The summed E-state index contributed by atoms with van der Waals surface area (Å²) in [6.07, 6.45) is 0. The summed E-state index contributed by atoms with van der Waals surface area (Å²) in [7, 11) is 0. The first kappa shape index (κ1) is 21.2. The van der Waals surface area contributed by atoms with Gasteiger partial charge in [-0.2, -0.15) is 0 Å². The van der Waals surface area contributed by atoms with Crippen molar-refractivity contribution in [3.63, 3.8) is 0 Å². The number of nitrogens with one attached hydrogen (secondary N) is 1. The van der Waals surface area contributed by atoms with Crippen LogP contribution in [0.1, 0.15) is 24.2 Å². The minimum Gasteiger partial charge on any atom is -0.490 e. The molecule has 0 aliphatic carbocycles. The van der Waals surface area contributed by atoms with E-state index >= 15 is 0 Å². The summed E-state index contributed by atoms with van der Waals surface area (Å²) in [5.41, 5.74) is 2.45. The number of anilines is 2. The molecule has 3 rings (SSSR count). The highest BCUT2D eigenvalue weighted by atomic mass is 16.5. The molecule has 0 saturated heterocycles. The summed E-state index contributed by atoms with van der Waals surface area (Å²) >= 11 is 0. The van der Waals surface area contributed by atoms with Gasteiger partial charge in [0.1, 0.15) is 24.7 Å². The predicted octanol–water partition coefficient (Wildman–Crippen LogP) is 5.24. The van der Waals surface area contributed by atoms with Crippen LogP contribution in [0.25, 0.3) is 0 Å². The van der Waals surface area contributed by atoms with Crippen LogP contribution in [0.5, 0.6) is 11.5 Å². The van der Waals surface area contributed by atoms with Crippen LogP contribution in [0.3, 0.4) is 0 Å². The zero-order valence-corrected chi connectivity index (χ0v) is 17.5. The molecule has 0 fully saturated rings. The first-order chi connectivity index (χ1) is 14.7. The minimum atomic E-state index is -0.170. The van der Waals surface area contributed by atoms with Gasteiger partial charge in [0.25, 0.3) is 5.91 Å². The second-order valence-electron chi connectivity index (χ2n) is 6.71. The number of benzene rings is 3. The van der Waals surface area contributed by atoms with Crippen LogP contribution in [-0.4, -0.2) is 32.2 Å². The number of nitrogens with zero attached hydrogens (tertiary/aromatic N) is 1. The lowest BCUT2D eigenvalue weighted by molar-refractivity contribution is 0.102. The number of ether oxygens (including phenoxy) is 2. The molecular weight excluding hydrogens is 376 g/mol. The van der Waals surface area contributed by atoms with Gasteiger partial charge in [-0.1, -0.05) is 24.3 Å². The van der Waals surface area contributed by atoms with Crippen molar-refractivity contribution in [1.29, 1.82) is 0 Å². The molecule has 0 atom stereocenters. The Bertz CT molecular complexity index is 923. The second kappa shape index (κ2) is 10.9. The summed E-state index contributed by atoms with van der Waals surface area (Å²) in [6.45, 7) is 6.98. The summed E-state index contributed by atoms with van der Waals surface area (Å²) in [5, 5.41) is 2.94. The summed E-state index contributed by atoms with van der Waals surface area (Å²) in [5.74, 6) is 1.27. The number of rotatable bonds is 10. The predicted molar refractivity (Wildman–Crippen MR) is 122 cm³/mol. The van der Waals surface area contributed by atoms with Gasteiger partial charge in [0.05, 0.1) is 0 Å². The molecular formula is C25H28N2O3. The van der Waals surface area contributed by atoms with Gasteiger partial charge in [-0.3, -0.25) is 4.79 Å². The van der Waals surface area contributed by atoms with E-state index in [0.717, 1.165) is 30.2 Å². The van der Waals surface area contributed by atoms with Crippen molar-refractivity contribution in [2.45, 2.75) is 13.8 Å². The SMILES string of the molecule is CCN(CC)c1ccc(NC(=O)c2cccc(OCCOc3ccccc3)c2)cc1. The Morgan fingerprint density at radius 1 is 0.800 bits per heavy atom. The Labute approximate surface area is 178 Å². The van der Waals surface area contributed by atoms with Gasteiger partial charge in [0, 0.05) is 30.0 Å². The van der Waals surface area contributed by atoms with Crippen LogP contribution in [-0.2, 0) is 0 Å². The maximum absolute atomic E-state index is 12.6. The van der Waals surface area contributed by atoms with E-state index in [1.807, 2.05) is 66.7 Å². The van der Waals surface area contributed by atoms with E-state index in [4.69, 9.17) is 9.47 Å². The maximum Gasteiger partial charge on any atom is 0.255 e. The van der Waals surface area contributed by atoms with Crippen LogP contribution in [0.4, 0.5) is 11.4 Å². The molecule has 1 N–H and O–H groups in total. The first-order valence-corrected chi connectivity index (χ1v) is 10.3. The molecule has 0 aliphatic heterocycles. The quantitative estimate of drug-likeness (QED) is 0.469. The van der Waals surface area contributed by atoms with E-state index < -0.39 is 0 Å². The lowest BCUT2D eigenvalue weighted by Crippen LogP contribution is -2.21. The van der Waals surface area contributed by atoms with Crippen molar-refractivity contribution in [3.8, 4) is 11.5 Å². The molecule has 0 heterocycles. The molecule has 3 aromatic rings. The van der Waals surface area contributed by atoms with Crippen molar-refractivity contribution in [3.05, 3.63) is 84.4 Å². The van der Waals surface area contributed by atoms with E-state index in [0.29, 0.717) is 24.5 Å². The molecule has 0 aliphatic rings. The summed E-state index contributed by atoms with van der Waals surface area (Å²) in [4.78, 5) is 14.9. The van der Waals surface area contributed by atoms with E-state index in [1.165, 1.54) is 0 Å². The fraction of sp³-hybridized carbons (Fsp3) is 0.240. The first-order valence-electron chi connectivity index (χ1n) is 10.3. The molecule has 0 radical (unpaired) electrons. The molecule has 3 aromatic carbocycles. The normalized spacial score (nSPS) is 10.3. The van der Waals surface area contributed by atoms with Gasteiger partial charge >= 0.3 is 0 Å². The summed E-state index contributed by atoms with van der Waals surface area (Å²) in [6, 6.07) is 24.6. The van der Waals surface area contributed by atoms with Crippen molar-refractivity contribution >= 4 is 17.3 Å². The third kappa shape index (κ3) is 6.01.